The summed E-state index contributed by atoms with van der Waals surface area (Å²) in [5.74, 6) is -0.141. The molecule has 0 aliphatic carbocycles. The molecule has 1 aliphatic rings. The molecule has 0 saturated carbocycles. The Morgan fingerprint density at radius 1 is 1.19 bits per heavy atom. The van der Waals surface area contributed by atoms with Gasteiger partial charge >= 0.3 is 0 Å². The van der Waals surface area contributed by atoms with Crippen LogP contribution in [0.1, 0.15) is 37.1 Å². The summed E-state index contributed by atoms with van der Waals surface area (Å²) in [5.41, 5.74) is 8.87. The first-order valence-corrected chi connectivity index (χ1v) is 11.4. The Morgan fingerprint density at radius 3 is 2.71 bits per heavy atom. The molecule has 0 bridgehead atoms. The highest BCUT2D eigenvalue weighted by Gasteiger charge is 2.28. The van der Waals surface area contributed by atoms with Crippen molar-refractivity contribution in [3.63, 3.8) is 0 Å². The number of ketones is 1. The van der Waals surface area contributed by atoms with E-state index in [0.29, 0.717) is 24.5 Å². The molecule has 3 N–H and O–H groups in total. The summed E-state index contributed by atoms with van der Waals surface area (Å²) in [6.07, 6.45) is 3.92. The van der Waals surface area contributed by atoms with Gasteiger partial charge in [0.1, 0.15) is 11.2 Å². The summed E-state index contributed by atoms with van der Waals surface area (Å²) in [5, 5.41) is 2.89. The summed E-state index contributed by atoms with van der Waals surface area (Å²) in [7, 11) is -3.94. The molecule has 3 aromatic rings. The molecular formula is C22H22N4O4S. The van der Waals surface area contributed by atoms with Crippen LogP contribution < -0.4 is 11.1 Å². The van der Waals surface area contributed by atoms with E-state index in [1.165, 1.54) is 12.3 Å². The van der Waals surface area contributed by atoms with Gasteiger partial charge in [0, 0.05) is 13.0 Å². The number of carbonyl (C=O) groups is 1. The van der Waals surface area contributed by atoms with E-state index in [1.54, 1.807) is 18.3 Å². The summed E-state index contributed by atoms with van der Waals surface area (Å²) in [4.78, 5) is 16.5. The van der Waals surface area contributed by atoms with Crippen LogP contribution in [0.2, 0.25) is 0 Å². The Labute approximate surface area is 180 Å². The third-order valence-corrected chi connectivity index (χ3v) is 6.41. The minimum absolute atomic E-state index is 0.0417. The Morgan fingerprint density at radius 2 is 2.00 bits per heavy atom. The highest BCUT2D eigenvalue weighted by molar-refractivity contribution is 7.90. The van der Waals surface area contributed by atoms with Gasteiger partial charge in [-0.25, -0.2) is 4.98 Å². The van der Waals surface area contributed by atoms with E-state index in [4.69, 9.17) is 10.2 Å². The molecule has 2 heterocycles. The number of aromatic nitrogens is 1. The SMILES string of the molecule is CCCC(=O)C1=NS(=O)(=O)c2ccc(-c3cccc(C(CN)c4ncco4)c3)cc2N1. The lowest BCUT2D eigenvalue weighted by molar-refractivity contribution is -0.113. The van der Waals surface area contributed by atoms with Crippen LogP contribution in [0.15, 0.2) is 68.6 Å². The zero-order valence-electron chi connectivity index (χ0n) is 16.9. The van der Waals surface area contributed by atoms with E-state index < -0.39 is 10.0 Å². The number of benzene rings is 2. The largest absolute Gasteiger partial charge is 0.448 e. The first-order chi connectivity index (χ1) is 14.9. The number of hydrogen-bond donors (Lipinski definition) is 2. The van der Waals surface area contributed by atoms with Crippen LogP contribution in [0.5, 0.6) is 0 Å². The molecule has 4 rings (SSSR count). The number of anilines is 1. The maximum Gasteiger partial charge on any atom is 0.286 e. The Balaban J connectivity index is 1.71. The number of nitrogens with two attached hydrogens (primary N) is 1. The second-order valence-corrected chi connectivity index (χ2v) is 8.78. The molecule has 160 valence electrons. The number of nitrogens with one attached hydrogen (secondary N) is 1. The number of carbonyl (C=O) groups excluding carboxylic acids is 1. The topological polar surface area (TPSA) is 128 Å². The van der Waals surface area contributed by atoms with Crippen molar-refractivity contribution in [1.82, 2.24) is 4.98 Å². The molecule has 31 heavy (non-hydrogen) atoms. The van der Waals surface area contributed by atoms with Crippen molar-refractivity contribution >= 4 is 27.3 Å². The zero-order valence-corrected chi connectivity index (χ0v) is 17.7. The smallest absolute Gasteiger partial charge is 0.286 e. The normalized spacial score (nSPS) is 15.5. The lowest BCUT2D eigenvalue weighted by Crippen LogP contribution is -2.28. The van der Waals surface area contributed by atoms with Crippen LogP contribution in [-0.2, 0) is 14.8 Å². The molecule has 0 spiro atoms. The van der Waals surface area contributed by atoms with Gasteiger partial charge in [-0.05, 0) is 35.2 Å². The van der Waals surface area contributed by atoms with E-state index in [0.717, 1.165) is 16.7 Å². The third kappa shape index (κ3) is 4.14. The number of amidine groups is 1. The van der Waals surface area contributed by atoms with E-state index in [1.807, 2.05) is 31.2 Å². The minimum atomic E-state index is -3.94. The van der Waals surface area contributed by atoms with Crippen molar-refractivity contribution in [3.05, 3.63) is 66.4 Å². The highest BCUT2D eigenvalue weighted by Crippen LogP contribution is 2.34. The molecule has 1 aliphatic heterocycles. The van der Waals surface area contributed by atoms with Crippen LogP contribution in [0.4, 0.5) is 5.69 Å². The molecule has 0 saturated heterocycles. The number of nitrogens with zero attached hydrogens (tertiary/aromatic N) is 2. The Kier molecular flexibility index (Phi) is 5.71. The summed E-state index contributed by atoms with van der Waals surface area (Å²) >= 11 is 0. The average Bonchev–Trinajstić information content (AvgIpc) is 3.28. The summed E-state index contributed by atoms with van der Waals surface area (Å²) in [6, 6.07) is 12.7. The van der Waals surface area contributed by atoms with E-state index in [9.17, 15) is 13.2 Å². The monoisotopic (exact) mass is 438 g/mol. The first kappa shape index (κ1) is 21.0. The highest BCUT2D eigenvalue weighted by atomic mass is 32.2. The fourth-order valence-electron chi connectivity index (χ4n) is 3.54. The van der Waals surface area contributed by atoms with Crippen molar-refractivity contribution in [3.8, 4) is 11.1 Å². The van der Waals surface area contributed by atoms with Gasteiger partial charge in [0.25, 0.3) is 10.0 Å². The maximum atomic E-state index is 12.5. The molecule has 1 atom stereocenters. The lowest BCUT2D eigenvalue weighted by atomic mass is 9.94. The van der Waals surface area contributed by atoms with Crippen molar-refractivity contribution in [2.75, 3.05) is 11.9 Å². The van der Waals surface area contributed by atoms with Gasteiger partial charge in [0.05, 0.1) is 17.8 Å². The number of hydrogen-bond acceptors (Lipinski definition) is 7. The molecule has 0 amide bonds. The van der Waals surface area contributed by atoms with E-state index in [-0.39, 0.29) is 28.9 Å². The molecule has 8 nitrogen and oxygen atoms in total. The second-order valence-electron chi connectivity index (χ2n) is 7.21. The fraction of sp³-hybridized carbons (Fsp3) is 0.227. The van der Waals surface area contributed by atoms with Crippen LogP contribution >= 0.6 is 0 Å². The zero-order chi connectivity index (χ0) is 22.0. The molecule has 2 aromatic carbocycles. The van der Waals surface area contributed by atoms with Gasteiger partial charge < -0.3 is 15.5 Å². The fourth-order valence-corrected chi connectivity index (χ4v) is 4.65. The van der Waals surface area contributed by atoms with E-state index >= 15 is 0 Å². The average molecular weight is 439 g/mol. The number of rotatable bonds is 7. The third-order valence-electron chi connectivity index (χ3n) is 5.07. The van der Waals surface area contributed by atoms with Gasteiger partial charge in [-0.1, -0.05) is 37.3 Å². The first-order valence-electron chi connectivity index (χ1n) is 9.92. The number of fused-ring (bicyclic) bond motifs is 1. The van der Waals surface area contributed by atoms with Crippen LogP contribution in [0, 0.1) is 0 Å². The van der Waals surface area contributed by atoms with Crippen molar-refractivity contribution < 1.29 is 17.6 Å². The molecule has 1 aromatic heterocycles. The van der Waals surface area contributed by atoms with Gasteiger partial charge in [0.2, 0.25) is 5.89 Å². The van der Waals surface area contributed by atoms with Crippen LogP contribution in [0.3, 0.4) is 0 Å². The van der Waals surface area contributed by atoms with Gasteiger partial charge in [0.15, 0.2) is 11.6 Å². The van der Waals surface area contributed by atoms with Crippen molar-refractivity contribution in [1.29, 1.82) is 0 Å². The molecular weight excluding hydrogens is 416 g/mol. The van der Waals surface area contributed by atoms with Crippen LogP contribution in [0.25, 0.3) is 11.1 Å². The Hall–Kier alpha value is -3.30. The lowest BCUT2D eigenvalue weighted by Gasteiger charge is -2.19. The molecule has 9 heteroatoms. The van der Waals surface area contributed by atoms with E-state index in [2.05, 4.69) is 14.7 Å². The number of sulfonamides is 1. The predicted molar refractivity (Wildman–Crippen MR) is 117 cm³/mol. The summed E-state index contributed by atoms with van der Waals surface area (Å²) in [6.45, 7) is 2.18. The van der Waals surface area contributed by atoms with Gasteiger partial charge in [-0.2, -0.15) is 8.42 Å². The van der Waals surface area contributed by atoms with Gasteiger partial charge in [-0.15, -0.1) is 4.40 Å². The van der Waals surface area contributed by atoms with Gasteiger partial charge in [-0.3, -0.25) is 4.79 Å². The molecule has 1 unspecified atom stereocenters. The maximum absolute atomic E-state index is 12.5. The summed E-state index contributed by atoms with van der Waals surface area (Å²) < 4.78 is 34.2. The molecule has 0 radical (unpaired) electrons. The van der Waals surface area contributed by atoms with Crippen LogP contribution in [-0.4, -0.2) is 31.6 Å². The molecule has 0 fully saturated rings. The quantitative estimate of drug-likeness (QED) is 0.579. The van der Waals surface area contributed by atoms with Crippen molar-refractivity contribution in [2.45, 2.75) is 30.6 Å². The minimum Gasteiger partial charge on any atom is -0.448 e. The number of oxazole rings is 1. The Bertz CT molecular complexity index is 1250. The standard InChI is InChI=1S/C22H22N4O4S/c1-2-4-19(27)21-25-18-12-15(7-8-20(18)31(28,29)26-21)14-5-3-6-16(11-14)17(13-23)22-24-9-10-30-22/h3,5-12,17H,2,4,13,23H2,1H3,(H,25,26). The van der Waals surface area contributed by atoms with Crippen molar-refractivity contribution in [2.24, 2.45) is 10.1 Å². The number of Topliss-reactive ketones (excluding diaryl/α,β-unsaturated/α-hetero) is 1. The predicted octanol–water partition coefficient (Wildman–Crippen LogP) is 3.31. The second kappa shape index (κ2) is 8.44.